The van der Waals surface area contributed by atoms with Gasteiger partial charge >= 0.3 is 6.03 Å². The van der Waals surface area contributed by atoms with E-state index < -0.39 is 23.6 Å². The van der Waals surface area contributed by atoms with Gasteiger partial charge in [-0.05, 0) is 5.92 Å². The van der Waals surface area contributed by atoms with Crippen LogP contribution in [0.2, 0.25) is 0 Å². The van der Waals surface area contributed by atoms with Gasteiger partial charge < -0.3 is 10.3 Å². The summed E-state index contributed by atoms with van der Waals surface area (Å²) in [6, 6.07) is 1.42. The summed E-state index contributed by atoms with van der Waals surface area (Å²) in [5.74, 6) is -2.23. The number of H-pyrrole nitrogens is 1. The Morgan fingerprint density at radius 1 is 1.30 bits per heavy atom. The first kappa shape index (κ1) is 17.2. The molecule has 0 bridgehead atoms. The second-order valence-corrected chi connectivity index (χ2v) is 6.23. The lowest BCUT2D eigenvalue weighted by Crippen LogP contribution is -2.41. The van der Waals surface area contributed by atoms with E-state index in [9.17, 15) is 18.4 Å². The van der Waals surface area contributed by atoms with Gasteiger partial charge in [0.2, 0.25) is 5.91 Å². The summed E-state index contributed by atoms with van der Waals surface area (Å²) in [5.41, 5.74) is 0.600. The van der Waals surface area contributed by atoms with Gasteiger partial charge in [-0.25, -0.2) is 18.6 Å². The van der Waals surface area contributed by atoms with Crippen molar-refractivity contribution in [3.8, 4) is 0 Å². The molecular formula is C14H16F2N4O2S. The quantitative estimate of drug-likeness (QED) is 0.728. The molecule has 0 saturated heterocycles. The van der Waals surface area contributed by atoms with Crippen molar-refractivity contribution in [2.24, 2.45) is 5.92 Å². The van der Waals surface area contributed by atoms with Crippen molar-refractivity contribution >= 4 is 34.7 Å². The van der Waals surface area contributed by atoms with Gasteiger partial charge in [0.05, 0.1) is 16.8 Å². The van der Waals surface area contributed by atoms with Gasteiger partial charge in [-0.15, -0.1) is 0 Å². The molecule has 0 saturated carbocycles. The molecule has 0 spiro atoms. The Bertz CT molecular complexity index is 694. The molecule has 2 rings (SSSR count). The highest BCUT2D eigenvalue weighted by atomic mass is 32.2. The van der Waals surface area contributed by atoms with Crippen molar-refractivity contribution < 1.29 is 18.4 Å². The van der Waals surface area contributed by atoms with Crippen LogP contribution in [0, 0.1) is 17.6 Å². The Hall–Kier alpha value is -2.16. The smallest absolute Gasteiger partial charge is 0.321 e. The van der Waals surface area contributed by atoms with E-state index in [4.69, 9.17) is 0 Å². The van der Waals surface area contributed by atoms with Crippen LogP contribution in [0.25, 0.3) is 11.0 Å². The average molecular weight is 342 g/mol. The largest absolute Gasteiger partial charge is 0.338 e. The highest BCUT2D eigenvalue weighted by molar-refractivity contribution is 7.99. The zero-order valence-corrected chi connectivity index (χ0v) is 13.4. The number of carbonyl (C=O) groups excluding carboxylic acids is 2. The molecule has 0 fully saturated rings. The molecule has 1 heterocycles. The Labute approximate surface area is 135 Å². The Morgan fingerprint density at radius 3 is 2.70 bits per heavy atom. The van der Waals surface area contributed by atoms with Crippen molar-refractivity contribution in [1.82, 2.24) is 20.6 Å². The van der Waals surface area contributed by atoms with Crippen molar-refractivity contribution in [2.45, 2.75) is 19.0 Å². The second kappa shape index (κ2) is 7.40. The van der Waals surface area contributed by atoms with E-state index in [-0.39, 0.29) is 17.2 Å². The average Bonchev–Trinajstić information content (AvgIpc) is 2.85. The van der Waals surface area contributed by atoms with Gasteiger partial charge in [0.1, 0.15) is 0 Å². The zero-order chi connectivity index (χ0) is 17.0. The predicted octanol–water partition coefficient (Wildman–Crippen LogP) is 2.42. The number of aromatic nitrogens is 2. The Morgan fingerprint density at radius 2 is 2.00 bits per heavy atom. The third kappa shape index (κ3) is 4.92. The van der Waals surface area contributed by atoms with Crippen LogP contribution in [-0.2, 0) is 4.79 Å². The van der Waals surface area contributed by atoms with E-state index in [0.717, 1.165) is 23.9 Å². The van der Waals surface area contributed by atoms with E-state index >= 15 is 0 Å². The summed E-state index contributed by atoms with van der Waals surface area (Å²) in [6.45, 7) is 4.34. The number of hydrogen-bond donors (Lipinski definition) is 3. The molecule has 0 aliphatic heterocycles. The summed E-state index contributed by atoms with van der Waals surface area (Å²) >= 11 is 1.03. The van der Waals surface area contributed by atoms with E-state index in [0.29, 0.717) is 17.2 Å². The number of fused-ring (bicyclic) bond motifs is 1. The second-order valence-electron chi connectivity index (χ2n) is 5.27. The van der Waals surface area contributed by atoms with Gasteiger partial charge in [-0.3, -0.25) is 10.1 Å². The molecule has 0 radical (unpaired) electrons. The van der Waals surface area contributed by atoms with Crippen LogP contribution in [-0.4, -0.2) is 34.2 Å². The van der Waals surface area contributed by atoms with Crippen molar-refractivity contribution in [3.05, 3.63) is 23.8 Å². The first-order valence-electron chi connectivity index (χ1n) is 6.90. The minimum atomic E-state index is -0.986. The minimum absolute atomic E-state index is 0.0557. The molecule has 0 aliphatic carbocycles. The fraction of sp³-hybridized carbons (Fsp3) is 0.357. The molecule has 9 heteroatoms. The lowest BCUT2D eigenvalue weighted by atomic mass is 10.2. The number of rotatable bonds is 5. The van der Waals surface area contributed by atoms with Crippen LogP contribution >= 0.6 is 11.8 Å². The summed E-state index contributed by atoms with van der Waals surface area (Å²) < 4.78 is 26.2. The SMILES string of the molecule is CC(C)CNC(=O)NC(=O)CSc1nc2cc(F)c(F)cc2[nH]1. The maximum Gasteiger partial charge on any atom is 0.321 e. The third-order valence-electron chi connectivity index (χ3n) is 2.77. The van der Waals surface area contributed by atoms with E-state index in [1.165, 1.54) is 0 Å². The van der Waals surface area contributed by atoms with Crippen molar-refractivity contribution in [2.75, 3.05) is 12.3 Å². The molecule has 2 aromatic rings. The number of imidazole rings is 1. The summed E-state index contributed by atoms with van der Waals surface area (Å²) in [7, 11) is 0. The highest BCUT2D eigenvalue weighted by Gasteiger charge is 2.12. The first-order valence-corrected chi connectivity index (χ1v) is 7.89. The maximum atomic E-state index is 13.1. The number of hydrogen-bond acceptors (Lipinski definition) is 4. The molecular weight excluding hydrogens is 326 g/mol. The molecule has 1 aromatic heterocycles. The molecule has 0 atom stereocenters. The van der Waals surface area contributed by atoms with Crippen molar-refractivity contribution in [3.63, 3.8) is 0 Å². The number of nitrogens with zero attached hydrogens (tertiary/aromatic N) is 1. The topological polar surface area (TPSA) is 86.9 Å². The van der Waals surface area contributed by atoms with E-state index in [2.05, 4.69) is 20.6 Å². The van der Waals surface area contributed by atoms with Gasteiger partial charge in [-0.2, -0.15) is 0 Å². The van der Waals surface area contributed by atoms with Crippen LogP contribution in [0.15, 0.2) is 17.3 Å². The monoisotopic (exact) mass is 342 g/mol. The van der Waals surface area contributed by atoms with Crippen LogP contribution in [0.1, 0.15) is 13.8 Å². The van der Waals surface area contributed by atoms with Crippen molar-refractivity contribution in [1.29, 1.82) is 0 Å². The predicted molar refractivity (Wildman–Crippen MR) is 83.1 cm³/mol. The highest BCUT2D eigenvalue weighted by Crippen LogP contribution is 2.21. The molecule has 3 amide bonds. The maximum absolute atomic E-state index is 13.1. The van der Waals surface area contributed by atoms with Crippen LogP contribution < -0.4 is 10.6 Å². The number of carbonyl (C=O) groups is 2. The van der Waals surface area contributed by atoms with Gasteiger partial charge in [0.15, 0.2) is 16.8 Å². The molecule has 124 valence electrons. The Kier molecular flexibility index (Phi) is 5.54. The molecule has 0 unspecified atom stereocenters. The molecule has 23 heavy (non-hydrogen) atoms. The Balaban J connectivity index is 1.88. The van der Waals surface area contributed by atoms with Gasteiger partial charge in [0, 0.05) is 18.7 Å². The van der Waals surface area contributed by atoms with Crippen LogP contribution in [0.3, 0.4) is 0 Å². The first-order chi connectivity index (χ1) is 10.8. The number of thioether (sulfide) groups is 1. The summed E-state index contributed by atoms with van der Waals surface area (Å²) in [6.07, 6.45) is 0. The molecule has 0 aliphatic rings. The standard InChI is InChI=1S/C14H16F2N4O2S/c1-7(2)5-17-13(22)20-12(21)6-23-14-18-10-3-8(15)9(16)4-11(10)19-14/h3-4,7H,5-6H2,1-2H3,(H,18,19)(H2,17,20,21,22). The van der Waals surface area contributed by atoms with Crippen LogP contribution in [0.5, 0.6) is 0 Å². The number of benzene rings is 1. The third-order valence-corrected chi connectivity index (χ3v) is 3.64. The number of aromatic amines is 1. The van der Waals surface area contributed by atoms with E-state index in [1.807, 2.05) is 13.8 Å². The summed E-state index contributed by atoms with van der Waals surface area (Å²) in [5, 5.41) is 5.08. The lowest BCUT2D eigenvalue weighted by molar-refractivity contribution is -0.117. The zero-order valence-electron chi connectivity index (χ0n) is 12.6. The van der Waals surface area contributed by atoms with Gasteiger partial charge in [0.25, 0.3) is 0 Å². The fourth-order valence-corrected chi connectivity index (χ4v) is 2.37. The number of halogens is 2. The normalized spacial score (nSPS) is 11.0. The summed E-state index contributed by atoms with van der Waals surface area (Å²) in [4.78, 5) is 29.9. The van der Waals surface area contributed by atoms with Gasteiger partial charge in [-0.1, -0.05) is 25.6 Å². The lowest BCUT2D eigenvalue weighted by Gasteiger charge is -2.07. The molecule has 6 nitrogen and oxygen atoms in total. The number of nitrogens with one attached hydrogen (secondary N) is 3. The van der Waals surface area contributed by atoms with E-state index in [1.54, 1.807) is 0 Å². The molecule has 1 aromatic carbocycles. The number of imide groups is 1. The van der Waals surface area contributed by atoms with Crippen LogP contribution in [0.4, 0.5) is 13.6 Å². The fourth-order valence-electron chi connectivity index (χ4n) is 1.69. The number of amides is 3. The number of urea groups is 1. The molecule has 3 N–H and O–H groups in total. The minimum Gasteiger partial charge on any atom is -0.338 e.